The second-order valence-electron chi connectivity index (χ2n) is 8.94. The number of aliphatic imine (C=N–C) groups is 1. The van der Waals surface area contributed by atoms with Gasteiger partial charge in [0, 0.05) is 59.1 Å². The predicted octanol–water partition coefficient (Wildman–Crippen LogP) is 3.03. The maximum absolute atomic E-state index is 4.71. The summed E-state index contributed by atoms with van der Waals surface area (Å²) in [7, 11) is 4.06. The van der Waals surface area contributed by atoms with Gasteiger partial charge < -0.3 is 20.0 Å². The van der Waals surface area contributed by atoms with Crippen LogP contribution in [0.4, 0.5) is 5.82 Å². The van der Waals surface area contributed by atoms with Gasteiger partial charge in [-0.1, -0.05) is 43.3 Å². The van der Waals surface area contributed by atoms with Crippen molar-refractivity contribution >= 4 is 11.8 Å². The standard InChI is InChI=1S/C25H36N6/c1-20-19-31(12-11-23(20)22-7-5-4-6-8-22)25(26-2)28-18-21-9-10-24(27-17-21)30-15-13-29(3)14-16-30/h4-10,17,20,23H,11-16,18-19H2,1-3H3,(H,26,28). The van der Waals surface area contributed by atoms with E-state index in [9.17, 15) is 0 Å². The molecule has 0 amide bonds. The highest BCUT2D eigenvalue weighted by Crippen LogP contribution is 2.32. The molecule has 2 aromatic rings. The second kappa shape index (κ2) is 10.1. The summed E-state index contributed by atoms with van der Waals surface area (Å²) >= 11 is 0. The summed E-state index contributed by atoms with van der Waals surface area (Å²) in [5.41, 5.74) is 2.65. The topological polar surface area (TPSA) is 47.0 Å². The van der Waals surface area contributed by atoms with E-state index < -0.39 is 0 Å². The number of piperazine rings is 1. The minimum absolute atomic E-state index is 0.597. The molecular formula is C25H36N6. The number of rotatable bonds is 4. The quantitative estimate of drug-likeness (QED) is 0.609. The maximum atomic E-state index is 4.71. The summed E-state index contributed by atoms with van der Waals surface area (Å²) < 4.78 is 0. The first-order valence-electron chi connectivity index (χ1n) is 11.5. The van der Waals surface area contributed by atoms with E-state index in [1.165, 1.54) is 11.1 Å². The van der Waals surface area contributed by atoms with Crippen molar-refractivity contribution < 1.29 is 0 Å². The number of hydrogen-bond donors (Lipinski definition) is 1. The van der Waals surface area contributed by atoms with Crippen molar-refractivity contribution in [2.24, 2.45) is 10.9 Å². The lowest BCUT2D eigenvalue weighted by Gasteiger charge is -2.39. The van der Waals surface area contributed by atoms with Crippen molar-refractivity contribution in [2.45, 2.75) is 25.8 Å². The average Bonchev–Trinajstić information content (AvgIpc) is 2.81. The van der Waals surface area contributed by atoms with E-state index in [-0.39, 0.29) is 0 Å². The normalized spacial score (nSPS) is 23.1. The van der Waals surface area contributed by atoms with Crippen molar-refractivity contribution in [1.82, 2.24) is 20.1 Å². The summed E-state index contributed by atoms with van der Waals surface area (Å²) in [5, 5.41) is 3.55. The SMILES string of the molecule is CN=C(NCc1ccc(N2CCN(C)CC2)nc1)N1CCC(c2ccccc2)C(C)C1. The molecule has 2 saturated heterocycles. The fourth-order valence-corrected chi connectivity index (χ4v) is 4.79. The van der Waals surface area contributed by atoms with Crippen LogP contribution in [0.25, 0.3) is 0 Å². The Hall–Kier alpha value is -2.60. The maximum Gasteiger partial charge on any atom is 0.193 e. The number of likely N-dealkylation sites (N-methyl/N-ethyl adjacent to an activating group) is 1. The van der Waals surface area contributed by atoms with E-state index >= 15 is 0 Å². The third kappa shape index (κ3) is 5.37. The molecule has 31 heavy (non-hydrogen) atoms. The largest absolute Gasteiger partial charge is 0.354 e. The molecular weight excluding hydrogens is 384 g/mol. The molecule has 1 aromatic carbocycles. The highest BCUT2D eigenvalue weighted by molar-refractivity contribution is 5.80. The van der Waals surface area contributed by atoms with Crippen molar-refractivity contribution in [3.8, 4) is 0 Å². The van der Waals surface area contributed by atoms with Gasteiger partial charge in [-0.05, 0) is 42.5 Å². The Labute approximate surface area is 187 Å². The van der Waals surface area contributed by atoms with Crippen LogP contribution in [0.15, 0.2) is 53.7 Å². The van der Waals surface area contributed by atoms with Gasteiger partial charge in [0.15, 0.2) is 5.96 Å². The van der Waals surface area contributed by atoms with E-state index in [4.69, 9.17) is 4.98 Å². The van der Waals surface area contributed by atoms with Gasteiger partial charge in [-0.25, -0.2) is 4.98 Å². The van der Waals surface area contributed by atoms with E-state index in [0.29, 0.717) is 11.8 Å². The monoisotopic (exact) mass is 420 g/mol. The van der Waals surface area contributed by atoms with Gasteiger partial charge in [-0.3, -0.25) is 4.99 Å². The Balaban J connectivity index is 1.30. The molecule has 0 aliphatic carbocycles. The number of benzene rings is 1. The molecule has 6 nitrogen and oxygen atoms in total. The number of pyridine rings is 1. The fourth-order valence-electron chi connectivity index (χ4n) is 4.79. The van der Waals surface area contributed by atoms with Crippen LogP contribution in [0, 0.1) is 5.92 Å². The number of aromatic nitrogens is 1. The van der Waals surface area contributed by atoms with Crippen LogP contribution in [0.5, 0.6) is 0 Å². The zero-order chi connectivity index (χ0) is 21.6. The molecule has 2 aliphatic rings. The zero-order valence-electron chi connectivity index (χ0n) is 19.2. The summed E-state index contributed by atoms with van der Waals surface area (Å²) in [4.78, 5) is 16.4. The number of likely N-dealkylation sites (tertiary alicyclic amines) is 1. The molecule has 2 aliphatic heterocycles. The molecule has 1 N–H and O–H groups in total. The third-order valence-electron chi connectivity index (χ3n) is 6.73. The van der Waals surface area contributed by atoms with Crippen LogP contribution in [0.2, 0.25) is 0 Å². The molecule has 0 saturated carbocycles. The van der Waals surface area contributed by atoms with Gasteiger partial charge in [0.2, 0.25) is 0 Å². The Kier molecular flexibility index (Phi) is 7.07. The summed E-state index contributed by atoms with van der Waals surface area (Å²) in [6.07, 6.45) is 3.16. The number of anilines is 1. The van der Waals surface area contributed by atoms with Crippen LogP contribution in [0.3, 0.4) is 0 Å². The second-order valence-corrected chi connectivity index (χ2v) is 8.94. The lowest BCUT2D eigenvalue weighted by atomic mass is 9.82. The minimum Gasteiger partial charge on any atom is -0.354 e. The lowest BCUT2D eigenvalue weighted by Crippen LogP contribution is -2.47. The van der Waals surface area contributed by atoms with E-state index in [0.717, 1.165) is 64.0 Å². The Morgan fingerprint density at radius 2 is 1.84 bits per heavy atom. The van der Waals surface area contributed by atoms with E-state index in [1.807, 2.05) is 13.2 Å². The number of nitrogens with one attached hydrogen (secondary N) is 1. The average molecular weight is 421 g/mol. The Bertz CT molecular complexity index is 842. The van der Waals surface area contributed by atoms with Crippen LogP contribution in [0.1, 0.15) is 30.4 Å². The molecule has 166 valence electrons. The molecule has 2 atom stereocenters. The van der Waals surface area contributed by atoms with Gasteiger partial charge in [0.1, 0.15) is 5.82 Å². The van der Waals surface area contributed by atoms with Gasteiger partial charge in [-0.2, -0.15) is 0 Å². The first-order chi connectivity index (χ1) is 15.1. The van der Waals surface area contributed by atoms with Gasteiger partial charge in [0.05, 0.1) is 0 Å². The smallest absolute Gasteiger partial charge is 0.193 e. The van der Waals surface area contributed by atoms with Crippen molar-refractivity contribution in [3.63, 3.8) is 0 Å². The van der Waals surface area contributed by atoms with E-state index in [2.05, 4.69) is 81.4 Å². The summed E-state index contributed by atoms with van der Waals surface area (Å²) in [6.45, 7) is 9.45. The number of piperidine rings is 1. The molecule has 6 heteroatoms. The third-order valence-corrected chi connectivity index (χ3v) is 6.73. The Morgan fingerprint density at radius 3 is 2.48 bits per heavy atom. The van der Waals surface area contributed by atoms with Crippen molar-refractivity contribution in [2.75, 3.05) is 58.3 Å². The van der Waals surface area contributed by atoms with Crippen LogP contribution in [-0.4, -0.2) is 74.1 Å². The highest BCUT2D eigenvalue weighted by atomic mass is 15.3. The van der Waals surface area contributed by atoms with Crippen molar-refractivity contribution in [1.29, 1.82) is 0 Å². The summed E-state index contributed by atoms with van der Waals surface area (Å²) in [5.74, 6) is 3.29. The molecule has 3 heterocycles. The first kappa shape index (κ1) is 21.6. The highest BCUT2D eigenvalue weighted by Gasteiger charge is 2.28. The van der Waals surface area contributed by atoms with E-state index in [1.54, 1.807) is 0 Å². The van der Waals surface area contributed by atoms with Crippen LogP contribution in [-0.2, 0) is 6.54 Å². The molecule has 4 rings (SSSR count). The molecule has 0 radical (unpaired) electrons. The van der Waals surface area contributed by atoms with Crippen LogP contribution < -0.4 is 10.2 Å². The minimum atomic E-state index is 0.597. The molecule has 2 unspecified atom stereocenters. The van der Waals surface area contributed by atoms with Crippen molar-refractivity contribution in [3.05, 3.63) is 59.8 Å². The molecule has 0 bridgehead atoms. The fraction of sp³-hybridized carbons (Fsp3) is 0.520. The van der Waals surface area contributed by atoms with Crippen LogP contribution >= 0.6 is 0 Å². The predicted molar refractivity (Wildman–Crippen MR) is 129 cm³/mol. The number of guanidine groups is 1. The molecule has 1 aromatic heterocycles. The Morgan fingerprint density at radius 1 is 1.06 bits per heavy atom. The molecule has 2 fully saturated rings. The number of nitrogens with zero attached hydrogens (tertiary/aromatic N) is 5. The zero-order valence-corrected chi connectivity index (χ0v) is 19.2. The molecule has 0 spiro atoms. The lowest BCUT2D eigenvalue weighted by molar-refractivity contribution is 0.234. The van der Waals surface area contributed by atoms with Gasteiger partial charge in [-0.15, -0.1) is 0 Å². The van der Waals surface area contributed by atoms with Gasteiger partial charge in [0.25, 0.3) is 0 Å². The van der Waals surface area contributed by atoms with Gasteiger partial charge >= 0.3 is 0 Å². The summed E-state index contributed by atoms with van der Waals surface area (Å²) in [6, 6.07) is 15.3. The first-order valence-corrected chi connectivity index (χ1v) is 11.5. The number of hydrogen-bond acceptors (Lipinski definition) is 4.